The van der Waals surface area contributed by atoms with Crippen LogP contribution in [-0.2, 0) is 6.54 Å². The van der Waals surface area contributed by atoms with Gasteiger partial charge in [0.2, 0.25) is 0 Å². The molecule has 0 spiro atoms. The first kappa shape index (κ1) is 19.9. The monoisotopic (exact) mass is 413 g/mol. The molecule has 0 unspecified atom stereocenters. The number of amides is 1. The van der Waals surface area contributed by atoms with Gasteiger partial charge in [0.1, 0.15) is 0 Å². The standard InChI is InChI=1S/C20H20ClN5OS/c1-13-18(14(2)26(25-13)12-15-6-4-3-5-7-15)19(27)23-24-20(28)22-17-10-8-16(21)9-11-17/h3-11H,12H2,1-2H3,(H,23,27)(H2,22,24,28). The molecular formula is C20H20ClN5OS. The highest BCUT2D eigenvalue weighted by Gasteiger charge is 2.18. The molecule has 144 valence electrons. The summed E-state index contributed by atoms with van der Waals surface area (Å²) >= 11 is 11.1. The third kappa shape index (κ3) is 4.88. The summed E-state index contributed by atoms with van der Waals surface area (Å²) in [5, 5.41) is 8.37. The molecule has 2 aromatic carbocycles. The minimum Gasteiger partial charge on any atom is -0.331 e. The van der Waals surface area contributed by atoms with Crippen molar-refractivity contribution in [2.45, 2.75) is 20.4 Å². The van der Waals surface area contributed by atoms with Gasteiger partial charge in [0.25, 0.3) is 5.91 Å². The number of anilines is 1. The number of benzene rings is 2. The van der Waals surface area contributed by atoms with E-state index in [1.165, 1.54) is 0 Å². The summed E-state index contributed by atoms with van der Waals surface area (Å²) in [6.07, 6.45) is 0. The van der Waals surface area contributed by atoms with Gasteiger partial charge < -0.3 is 5.32 Å². The zero-order chi connectivity index (χ0) is 20.1. The van der Waals surface area contributed by atoms with E-state index in [1.54, 1.807) is 24.3 Å². The van der Waals surface area contributed by atoms with E-state index in [0.717, 1.165) is 16.9 Å². The first-order valence-corrected chi connectivity index (χ1v) is 9.43. The highest BCUT2D eigenvalue weighted by molar-refractivity contribution is 7.80. The topological polar surface area (TPSA) is 71.0 Å². The van der Waals surface area contributed by atoms with E-state index < -0.39 is 0 Å². The van der Waals surface area contributed by atoms with Gasteiger partial charge in [0.05, 0.1) is 17.8 Å². The molecule has 0 aliphatic rings. The van der Waals surface area contributed by atoms with Crippen molar-refractivity contribution in [3.8, 4) is 0 Å². The summed E-state index contributed by atoms with van der Waals surface area (Å²) in [4.78, 5) is 12.6. The largest absolute Gasteiger partial charge is 0.331 e. The summed E-state index contributed by atoms with van der Waals surface area (Å²) in [6.45, 7) is 4.29. The number of aromatic nitrogens is 2. The molecule has 0 saturated carbocycles. The number of carbonyl (C=O) groups is 1. The fourth-order valence-electron chi connectivity index (χ4n) is 2.81. The number of hydrogen-bond donors (Lipinski definition) is 3. The lowest BCUT2D eigenvalue weighted by molar-refractivity contribution is 0.0943. The number of hydrazine groups is 1. The first-order valence-electron chi connectivity index (χ1n) is 8.65. The Morgan fingerprint density at radius 2 is 1.75 bits per heavy atom. The van der Waals surface area contributed by atoms with Crippen molar-refractivity contribution < 1.29 is 4.79 Å². The van der Waals surface area contributed by atoms with Gasteiger partial charge in [0.15, 0.2) is 5.11 Å². The highest BCUT2D eigenvalue weighted by Crippen LogP contribution is 2.15. The van der Waals surface area contributed by atoms with Crippen molar-refractivity contribution in [3.05, 3.63) is 82.1 Å². The summed E-state index contributed by atoms with van der Waals surface area (Å²) in [5.74, 6) is -0.297. The predicted molar refractivity (Wildman–Crippen MR) is 116 cm³/mol. The summed E-state index contributed by atoms with van der Waals surface area (Å²) < 4.78 is 1.82. The Bertz CT molecular complexity index is 986. The van der Waals surface area contributed by atoms with Crippen LogP contribution < -0.4 is 16.2 Å². The molecule has 3 N–H and O–H groups in total. The molecule has 3 rings (SSSR count). The summed E-state index contributed by atoms with van der Waals surface area (Å²) in [7, 11) is 0. The van der Waals surface area contributed by atoms with Crippen LogP contribution in [0.25, 0.3) is 0 Å². The molecule has 0 aliphatic heterocycles. The number of halogens is 1. The summed E-state index contributed by atoms with van der Waals surface area (Å²) in [5.41, 5.74) is 9.18. The van der Waals surface area contributed by atoms with Crippen LogP contribution in [0, 0.1) is 13.8 Å². The quantitative estimate of drug-likeness (QED) is 0.448. The molecule has 6 nitrogen and oxygen atoms in total. The fourth-order valence-corrected chi connectivity index (χ4v) is 3.10. The normalized spacial score (nSPS) is 10.4. The Hall–Kier alpha value is -2.90. The third-order valence-electron chi connectivity index (χ3n) is 4.18. The first-order chi connectivity index (χ1) is 13.4. The third-order valence-corrected chi connectivity index (χ3v) is 4.63. The Kier molecular flexibility index (Phi) is 6.28. The van der Waals surface area contributed by atoms with Crippen LogP contribution in [0.2, 0.25) is 5.02 Å². The average Bonchev–Trinajstić information content (AvgIpc) is 2.96. The van der Waals surface area contributed by atoms with Crippen LogP contribution in [0.3, 0.4) is 0 Å². The van der Waals surface area contributed by atoms with Crippen molar-refractivity contribution in [1.82, 2.24) is 20.6 Å². The van der Waals surface area contributed by atoms with Crippen molar-refractivity contribution in [2.75, 3.05) is 5.32 Å². The molecule has 3 aromatic rings. The molecule has 1 heterocycles. The molecule has 0 radical (unpaired) electrons. The number of nitrogens with one attached hydrogen (secondary N) is 3. The maximum atomic E-state index is 12.6. The van der Waals surface area contributed by atoms with E-state index in [-0.39, 0.29) is 11.0 Å². The van der Waals surface area contributed by atoms with E-state index in [9.17, 15) is 4.79 Å². The number of rotatable bonds is 4. The van der Waals surface area contributed by atoms with Gasteiger partial charge in [-0.05, 0) is 55.9 Å². The minimum atomic E-state index is -0.297. The number of hydrogen-bond acceptors (Lipinski definition) is 3. The smallest absolute Gasteiger partial charge is 0.273 e. The Balaban J connectivity index is 1.62. The Morgan fingerprint density at radius 1 is 1.07 bits per heavy atom. The van der Waals surface area contributed by atoms with Gasteiger partial charge in [-0.2, -0.15) is 5.10 Å². The predicted octanol–water partition coefficient (Wildman–Crippen LogP) is 3.83. The number of nitrogens with zero attached hydrogens (tertiary/aromatic N) is 2. The number of aryl methyl sites for hydroxylation is 1. The van der Waals surface area contributed by atoms with E-state index >= 15 is 0 Å². The van der Waals surface area contributed by atoms with Gasteiger partial charge in [-0.3, -0.25) is 20.3 Å². The maximum absolute atomic E-state index is 12.6. The lowest BCUT2D eigenvalue weighted by atomic mass is 10.2. The van der Waals surface area contributed by atoms with Crippen molar-refractivity contribution >= 4 is 40.5 Å². The molecule has 1 amide bonds. The zero-order valence-corrected chi connectivity index (χ0v) is 17.1. The van der Waals surface area contributed by atoms with E-state index in [4.69, 9.17) is 23.8 Å². The SMILES string of the molecule is Cc1nn(Cc2ccccc2)c(C)c1C(=O)NNC(=S)Nc1ccc(Cl)cc1. The molecule has 8 heteroatoms. The van der Waals surface area contributed by atoms with Crippen LogP contribution in [-0.4, -0.2) is 20.8 Å². The number of carbonyl (C=O) groups excluding carboxylic acids is 1. The highest BCUT2D eigenvalue weighted by atomic mass is 35.5. The van der Waals surface area contributed by atoms with Crippen LogP contribution in [0.15, 0.2) is 54.6 Å². The zero-order valence-electron chi connectivity index (χ0n) is 15.5. The fraction of sp³-hybridized carbons (Fsp3) is 0.150. The Morgan fingerprint density at radius 3 is 2.43 bits per heavy atom. The van der Waals surface area contributed by atoms with Crippen LogP contribution in [0.5, 0.6) is 0 Å². The molecule has 0 saturated heterocycles. The molecule has 0 bridgehead atoms. The second kappa shape index (κ2) is 8.86. The molecule has 1 aromatic heterocycles. The molecule has 28 heavy (non-hydrogen) atoms. The van der Waals surface area contributed by atoms with Crippen LogP contribution in [0.1, 0.15) is 27.3 Å². The number of thiocarbonyl (C=S) groups is 1. The van der Waals surface area contributed by atoms with Gasteiger partial charge in [0, 0.05) is 16.4 Å². The van der Waals surface area contributed by atoms with Gasteiger partial charge in [-0.1, -0.05) is 41.9 Å². The van der Waals surface area contributed by atoms with E-state index in [0.29, 0.717) is 22.8 Å². The average molecular weight is 414 g/mol. The van der Waals surface area contributed by atoms with Crippen molar-refractivity contribution in [3.63, 3.8) is 0 Å². The lowest BCUT2D eigenvalue weighted by Crippen LogP contribution is -2.44. The molecule has 0 fully saturated rings. The van der Waals surface area contributed by atoms with Crippen molar-refractivity contribution in [1.29, 1.82) is 0 Å². The second-order valence-electron chi connectivity index (χ2n) is 6.23. The molecular weight excluding hydrogens is 394 g/mol. The molecule has 0 atom stereocenters. The molecule has 0 aliphatic carbocycles. The van der Waals surface area contributed by atoms with E-state index in [2.05, 4.69) is 21.3 Å². The second-order valence-corrected chi connectivity index (χ2v) is 7.07. The Labute approximate surface area is 173 Å². The summed E-state index contributed by atoms with van der Waals surface area (Å²) in [6, 6.07) is 17.1. The van der Waals surface area contributed by atoms with E-state index in [1.807, 2.05) is 48.9 Å². The minimum absolute atomic E-state index is 0.266. The van der Waals surface area contributed by atoms with Gasteiger partial charge in [-0.25, -0.2) is 0 Å². The van der Waals surface area contributed by atoms with Gasteiger partial charge >= 0.3 is 0 Å². The maximum Gasteiger partial charge on any atom is 0.273 e. The van der Waals surface area contributed by atoms with Gasteiger partial charge in [-0.15, -0.1) is 0 Å². The lowest BCUT2D eigenvalue weighted by Gasteiger charge is -2.12. The van der Waals surface area contributed by atoms with Crippen LogP contribution in [0.4, 0.5) is 5.69 Å². The van der Waals surface area contributed by atoms with Crippen LogP contribution >= 0.6 is 23.8 Å². The van der Waals surface area contributed by atoms with Crippen molar-refractivity contribution in [2.24, 2.45) is 0 Å².